The fourth-order valence-electron chi connectivity index (χ4n) is 3.11. The molecule has 2 N–H and O–H groups in total. The summed E-state index contributed by atoms with van der Waals surface area (Å²) in [4.78, 5) is 13.6. The molecule has 0 saturated carbocycles. The topological polar surface area (TPSA) is 62.7 Å². The van der Waals surface area contributed by atoms with Gasteiger partial charge < -0.3 is 10.6 Å². The Morgan fingerprint density at radius 1 is 0.857 bits per heavy atom. The van der Waals surface area contributed by atoms with E-state index in [0.29, 0.717) is 11.9 Å². The van der Waals surface area contributed by atoms with Gasteiger partial charge in [0.1, 0.15) is 5.82 Å². The summed E-state index contributed by atoms with van der Waals surface area (Å²) >= 11 is 0. The summed E-state index contributed by atoms with van der Waals surface area (Å²) in [6.45, 7) is 6.33. The van der Waals surface area contributed by atoms with Crippen LogP contribution in [0.2, 0.25) is 0 Å². The SMILES string of the molecule is Cc1cc(Nc2cccc3cccnc23)nc(Nc2ccc(C(C)C)cc2)n1. The van der Waals surface area contributed by atoms with E-state index in [0.717, 1.165) is 33.8 Å². The lowest BCUT2D eigenvalue weighted by Gasteiger charge is -2.12. The molecule has 0 atom stereocenters. The van der Waals surface area contributed by atoms with Gasteiger partial charge in [-0.3, -0.25) is 4.98 Å². The molecule has 140 valence electrons. The van der Waals surface area contributed by atoms with Gasteiger partial charge in [-0.1, -0.05) is 44.2 Å². The molecule has 0 aliphatic carbocycles. The van der Waals surface area contributed by atoms with E-state index in [1.54, 1.807) is 6.20 Å². The van der Waals surface area contributed by atoms with Crippen LogP contribution in [0.5, 0.6) is 0 Å². The molecule has 4 aromatic rings. The predicted octanol–water partition coefficient (Wildman–Crippen LogP) is 5.94. The molecule has 2 aromatic heterocycles. The van der Waals surface area contributed by atoms with Gasteiger partial charge in [-0.05, 0) is 42.7 Å². The van der Waals surface area contributed by atoms with Crippen molar-refractivity contribution in [2.75, 3.05) is 10.6 Å². The van der Waals surface area contributed by atoms with Crippen LogP contribution in [-0.2, 0) is 0 Å². The Bertz CT molecular complexity index is 1100. The zero-order valence-electron chi connectivity index (χ0n) is 16.3. The van der Waals surface area contributed by atoms with E-state index in [-0.39, 0.29) is 0 Å². The Kier molecular flexibility index (Phi) is 4.89. The van der Waals surface area contributed by atoms with E-state index in [9.17, 15) is 0 Å². The zero-order chi connectivity index (χ0) is 19.5. The maximum atomic E-state index is 4.63. The van der Waals surface area contributed by atoms with E-state index in [1.807, 2.05) is 43.3 Å². The van der Waals surface area contributed by atoms with Crippen LogP contribution in [0.4, 0.5) is 23.1 Å². The fourth-order valence-corrected chi connectivity index (χ4v) is 3.11. The molecular weight excluding hydrogens is 346 g/mol. The standard InChI is InChI=1S/C23H23N5/c1-15(2)17-9-11-19(12-10-17)26-23-25-16(3)14-21(28-23)27-20-8-4-6-18-7-5-13-24-22(18)20/h4-15H,1-3H3,(H2,25,26,27,28). The summed E-state index contributed by atoms with van der Waals surface area (Å²) in [5.41, 5.74) is 4.99. The first-order valence-electron chi connectivity index (χ1n) is 9.42. The third-order valence-corrected chi connectivity index (χ3v) is 4.58. The minimum atomic E-state index is 0.509. The summed E-state index contributed by atoms with van der Waals surface area (Å²) in [5, 5.41) is 7.77. The number of aromatic nitrogens is 3. The summed E-state index contributed by atoms with van der Waals surface area (Å²) < 4.78 is 0. The number of nitrogens with zero attached hydrogens (tertiary/aromatic N) is 3. The maximum Gasteiger partial charge on any atom is 0.229 e. The van der Waals surface area contributed by atoms with Crippen LogP contribution in [0.15, 0.2) is 66.9 Å². The highest BCUT2D eigenvalue weighted by molar-refractivity contribution is 5.91. The monoisotopic (exact) mass is 369 g/mol. The number of hydrogen-bond acceptors (Lipinski definition) is 5. The maximum absolute atomic E-state index is 4.63. The van der Waals surface area contributed by atoms with Crippen molar-refractivity contribution in [1.29, 1.82) is 0 Å². The first kappa shape index (κ1) is 17.9. The molecule has 0 aliphatic rings. The smallest absolute Gasteiger partial charge is 0.229 e. The lowest BCUT2D eigenvalue weighted by Crippen LogP contribution is -2.03. The van der Waals surface area contributed by atoms with Gasteiger partial charge in [0.25, 0.3) is 0 Å². The Hall–Kier alpha value is -3.47. The van der Waals surface area contributed by atoms with Gasteiger partial charge in [0.05, 0.1) is 11.2 Å². The minimum absolute atomic E-state index is 0.509. The van der Waals surface area contributed by atoms with Gasteiger partial charge in [0, 0.05) is 29.0 Å². The molecule has 5 heteroatoms. The quantitative estimate of drug-likeness (QED) is 0.455. The van der Waals surface area contributed by atoms with E-state index < -0.39 is 0 Å². The third kappa shape index (κ3) is 3.93. The molecule has 2 aromatic carbocycles. The predicted molar refractivity (Wildman–Crippen MR) is 116 cm³/mol. The number of hydrogen-bond donors (Lipinski definition) is 2. The molecule has 2 heterocycles. The Labute approximate surface area is 164 Å². The summed E-state index contributed by atoms with van der Waals surface area (Å²) in [6, 6.07) is 20.3. The molecule has 0 aliphatic heterocycles. The van der Waals surface area contributed by atoms with Gasteiger partial charge in [-0.2, -0.15) is 4.98 Å². The summed E-state index contributed by atoms with van der Waals surface area (Å²) in [6.07, 6.45) is 1.80. The molecule has 28 heavy (non-hydrogen) atoms. The van der Waals surface area contributed by atoms with Crippen molar-refractivity contribution < 1.29 is 0 Å². The Morgan fingerprint density at radius 3 is 2.43 bits per heavy atom. The van der Waals surface area contributed by atoms with Crippen LogP contribution in [-0.4, -0.2) is 15.0 Å². The van der Waals surface area contributed by atoms with Crippen molar-refractivity contribution in [1.82, 2.24) is 15.0 Å². The van der Waals surface area contributed by atoms with Crippen molar-refractivity contribution in [2.24, 2.45) is 0 Å². The number of pyridine rings is 1. The van der Waals surface area contributed by atoms with Gasteiger partial charge in [0.2, 0.25) is 5.95 Å². The first-order valence-corrected chi connectivity index (χ1v) is 9.42. The van der Waals surface area contributed by atoms with E-state index in [4.69, 9.17) is 0 Å². The van der Waals surface area contributed by atoms with Gasteiger partial charge >= 0.3 is 0 Å². The number of para-hydroxylation sites is 1. The average Bonchev–Trinajstić information content (AvgIpc) is 2.68. The molecular formula is C23H23N5. The second-order valence-electron chi connectivity index (χ2n) is 7.13. The van der Waals surface area contributed by atoms with Crippen LogP contribution in [0.25, 0.3) is 10.9 Å². The number of aryl methyl sites for hydroxylation is 1. The molecule has 0 saturated heterocycles. The molecule has 0 spiro atoms. The van der Waals surface area contributed by atoms with E-state index in [2.05, 4.69) is 63.7 Å². The molecule has 0 amide bonds. The second-order valence-corrected chi connectivity index (χ2v) is 7.13. The Morgan fingerprint density at radius 2 is 1.64 bits per heavy atom. The van der Waals surface area contributed by atoms with Gasteiger partial charge in [-0.25, -0.2) is 4.98 Å². The largest absolute Gasteiger partial charge is 0.338 e. The van der Waals surface area contributed by atoms with Gasteiger partial charge in [0.15, 0.2) is 0 Å². The number of nitrogens with one attached hydrogen (secondary N) is 2. The van der Waals surface area contributed by atoms with Crippen LogP contribution >= 0.6 is 0 Å². The summed E-state index contributed by atoms with van der Waals surface area (Å²) in [7, 11) is 0. The van der Waals surface area contributed by atoms with Crippen molar-refractivity contribution in [3.05, 3.63) is 78.1 Å². The molecule has 0 bridgehead atoms. The van der Waals surface area contributed by atoms with Crippen LogP contribution < -0.4 is 10.6 Å². The normalized spacial score (nSPS) is 11.0. The molecule has 0 radical (unpaired) electrons. The highest BCUT2D eigenvalue weighted by Gasteiger charge is 2.07. The molecule has 0 unspecified atom stereocenters. The minimum Gasteiger partial charge on any atom is -0.338 e. The van der Waals surface area contributed by atoms with Crippen LogP contribution in [0, 0.1) is 6.92 Å². The van der Waals surface area contributed by atoms with Crippen LogP contribution in [0.1, 0.15) is 31.0 Å². The van der Waals surface area contributed by atoms with Crippen molar-refractivity contribution >= 4 is 34.0 Å². The molecule has 5 nitrogen and oxygen atoms in total. The highest BCUT2D eigenvalue weighted by atomic mass is 15.1. The highest BCUT2D eigenvalue weighted by Crippen LogP contribution is 2.25. The third-order valence-electron chi connectivity index (χ3n) is 4.58. The first-order chi connectivity index (χ1) is 13.6. The van der Waals surface area contributed by atoms with E-state index in [1.165, 1.54) is 5.56 Å². The Balaban J connectivity index is 1.60. The zero-order valence-corrected chi connectivity index (χ0v) is 16.3. The second kappa shape index (κ2) is 7.64. The average molecular weight is 369 g/mol. The van der Waals surface area contributed by atoms with E-state index >= 15 is 0 Å². The number of benzene rings is 2. The summed E-state index contributed by atoms with van der Waals surface area (Å²) in [5.74, 6) is 1.80. The van der Waals surface area contributed by atoms with Crippen molar-refractivity contribution in [3.63, 3.8) is 0 Å². The molecule has 0 fully saturated rings. The molecule has 4 rings (SSSR count). The van der Waals surface area contributed by atoms with Crippen molar-refractivity contribution in [2.45, 2.75) is 26.7 Å². The van der Waals surface area contributed by atoms with Crippen LogP contribution in [0.3, 0.4) is 0 Å². The number of fused-ring (bicyclic) bond motifs is 1. The lowest BCUT2D eigenvalue weighted by atomic mass is 10.0. The lowest BCUT2D eigenvalue weighted by molar-refractivity contribution is 0.867. The van der Waals surface area contributed by atoms with Crippen molar-refractivity contribution in [3.8, 4) is 0 Å². The van der Waals surface area contributed by atoms with Gasteiger partial charge in [-0.15, -0.1) is 0 Å². The fraction of sp³-hybridized carbons (Fsp3) is 0.174. The number of rotatable bonds is 5. The number of anilines is 4.